The molecule has 2 atom stereocenters. The van der Waals surface area contributed by atoms with Gasteiger partial charge < -0.3 is 11.1 Å². The highest BCUT2D eigenvalue weighted by Gasteiger charge is 2.52. The van der Waals surface area contributed by atoms with Crippen molar-refractivity contribution >= 4 is 11.6 Å². The molecule has 4 aromatic carbocycles. The van der Waals surface area contributed by atoms with Crippen molar-refractivity contribution in [2.75, 3.05) is 5.32 Å². The van der Waals surface area contributed by atoms with Crippen LogP contribution in [0.3, 0.4) is 0 Å². The highest BCUT2D eigenvalue weighted by Crippen LogP contribution is 2.56. The summed E-state index contributed by atoms with van der Waals surface area (Å²) in [6.45, 7) is 0. The predicted molar refractivity (Wildman–Crippen MR) is 126 cm³/mol. The van der Waals surface area contributed by atoms with E-state index in [-0.39, 0.29) is 11.4 Å². The Morgan fingerprint density at radius 2 is 1.32 bits per heavy atom. The topological polar surface area (TPSA) is 55.1 Å². The van der Waals surface area contributed by atoms with Gasteiger partial charge >= 0.3 is 0 Å². The van der Waals surface area contributed by atoms with Gasteiger partial charge in [-0.15, -0.1) is 0 Å². The molecule has 0 radical (unpaired) electrons. The number of carbonyl (C=O) groups is 1. The third-order valence-corrected chi connectivity index (χ3v) is 6.14. The third-order valence-electron chi connectivity index (χ3n) is 6.14. The van der Waals surface area contributed by atoms with Crippen LogP contribution >= 0.6 is 0 Å². The van der Waals surface area contributed by atoms with Crippen LogP contribution in [0.1, 0.15) is 33.8 Å². The maximum Gasteiger partial charge on any atom is 0.255 e. The lowest BCUT2D eigenvalue weighted by molar-refractivity contribution is 0.102. The third kappa shape index (κ3) is 3.88. The van der Waals surface area contributed by atoms with Crippen LogP contribution in [0.5, 0.6) is 0 Å². The van der Waals surface area contributed by atoms with E-state index in [0.717, 1.165) is 23.2 Å². The monoisotopic (exact) mass is 404 g/mol. The maximum atomic E-state index is 12.7. The Morgan fingerprint density at radius 3 is 1.97 bits per heavy atom. The molecule has 3 nitrogen and oxygen atoms in total. The van der Waals surface area contributed by atoms with Crippen molar-refractivity contribution in [2.45, 2.75) is 17.9 Å². The Kier molecular flexibility index (Phi) is 4.89. The smallest absolute Gasteiger partial charge is 0.255 e. The van der Waals surface area contributed by atoms with Crippen LogP contribution < -0.4 is 11.1 Å². The zero-order chi connectivity index (χ0) is 21.3. The first kappa shape index (κ1) is 19.3. The number of anilines is 1. The number of amides is 1. The molecule has 31 heavy (non-hydrogen) atoms. The molecule has 0 spiro atoms. The lowest BCUT2D eigenvalue weighted by Crippen LogP contribution is -2.21. The highest BCUT2D eigenvalue weighted by atomic mass is 16.1. The number of nitrogens with two attached hydrogens (primary N) is 1. The lowest BCUT2D eigenvalue weighted by Gasteiger charge is -2.13. The molecule has 1 aliphatic rings. The van der Waals surface area contributed by atoms with Crippen molar-refractivity contribution in [1.82, 2.24) is 0 Å². The van der Waals surface area contributed by atoms with Crippen LogP contribution in [0.4, 0.5) is 5.69 Å². The molecule has 152 valence electrons. The van der Waals surface area contributed by atoms with Gasteiger partial charge in [0.15, 0.2) is 0 Å². The minimum Gasteiger partial charge on any atom is -0.322 e. The molecule has 0 saturated heterocycles. The molecule has 0 heterocycles. The van der Waals surface area contributed by atoms with Gasteiger partial charge in [0.1, 0.15) is 0 Å². The Bertz CT molecular complexity index is 1190. The number of benzene rings is 4. The standard InChI is InChI=1S/C28H24N2O/c29-28(24-9-5-2-6-10-24)19-26(28)22-15-17-25(18-16-22)30-27(31)23-13-11-21(12-14-23)20-7-3-1-4-8-20/h1-18,26H,19,29H2,(H,30,31). The van der Waals surface area contributed by atoms with E-state index < -0.39 is 0 Å². The van der Waals surface area contributed by atoms with E-state index in [4.69, 9.17) is 5.73 Å². The van der Waals surface area contributed by atoms with Gasteiger partial charge in [-0.2, -0.15) is 0 Å². The average molecular weight is 405 g/mol. The number of nitrogens with one attached hydrogen (secondary N) is 1. The number of carbonyl (C=O) groups excluding carboxylic acids is 1. The molecule has 1 amide bonds. The normalized spacial score (nSPS) is 19.6. The number of rotatable bonds is 5. The van der Waals surface area contributed by atoms with E-state index >= 15 is 0 Å². The molecule has 3 heteroatoms. The summed E-state index contributed by atoms with van der Waals surface area (Å²) in [5, 5.41) is 2.99. The van der Waals surface area contributed by atoms with E-state index in [1.807, 2.05) is 72.8 Å². The van der Waals surface area contributed by atoms with Gasteiger partial charge in [0.25, 0.3) is 5.91 Å². The molecule has 0 aliphatic heterocycles. The molecule has 0 aromatic heterocycles. The van der Waals surface area contributed by atoms with E-state index in [1.165, 1.54) is 11.1 Å². The fraction of sp³-hybridized carbons (Fsp3) is 0.107. The molecule has 1 saturated carbocycles. The molecule has 0 bridgehead atoms. The van der Waals surface area contributed by atoms with Crippen molar-refractivity contribution in [1.29, 1.82) is 0 Å². The number of hydrogen-bond donors (Lipinski definition) is 2. The van der Waals surface area contributed by atoms with Crippen molar-refractivity contribution in [2.24, 2.45) is 5.73 Å². The molecule has 1 fully saturated rings. The van der Waals surface area contributed by atoms with Crippen molar-refractivity contribution in [3.05, 3.63) is 126 Å². The largest absolute Gasteiger partial charge is 0.322 e. The summed E-state index contributed by atoms with van der Waals surface area (Å²) in [5.41, 5.74) is 12.4. The summed E-state index contributed by atoms with van der Waals surface area (Å²) >= 11 is 0. The first-order valence-corrected chi connectivity index (χ1v) is 10.5. The van der Waals surface area contributed by atoms with Crippen LogP contribution in [0, 0.1) is 0 Å². The predicted octanol–water partition coefficient (Wildman–Crippen LogP) is 5.95. The van der Waals surface area contributed by atoms with Crippen LogP contribution in [-0.2, 0) is 5.54 Å². The van der Waals surface area contributed by atoms with Crippen LogP contribution in [-0.4, -0.2) is 5.91 Å². The lowest BCUT2D eigenvalue weighted by atomic mass is 9.99. The Morgan fingerprint density at radius 1 is 0.742 bits per heavy atom. The average Bonchev–Trinajstić information content (AvgIpc) is 3.53. The second-order valence-electron chi connectivity index (χ2n) is 8.18. The Balaban J connectivity index is 1.25. The summed E-state index contributed by atoms with van der Waals surface area (Å²) in [4.78, 5) is 12.7. The van der Waals surface area contributed by atoms with Gasteiger partial charge in [-0.1, -0.05) is 84.9 Å². The minimum absolute atomic E-state index is 0.115. The van der Waals surface area contributed by atoms with Gasteiger partial charge in [0, 0.05) is 22.7 Å². The minimum atomic E-state index is -0.285. The number of hydrogen-bond acceptors (Lipinski definition) is 2. The summed E-state index contributed by atoms with van der Waals surface area (Å²) in [5.74, 6) is 0.196. The van der Waals surface area contributed by atoms with Gasteiger partial charge in [-0.25, -0.2) is 0 Å². The summed E-state index contributed by atoms with van der Waals surface area (Å²) in [7, 11) is 0. The van der Waals surface area contributed by atoms with Crippen LogP contribution in [0.2, 0.25) is 0 Å². The molecule has 4 aromatic rings. The van der Waals surface area contributed by atoms with Gasteiger partial charge in [0.05, 0.1) is 0 Å². The van der Waals surface area contributed by atoms with Gasteiger partial charge in [-0.3, -0.25) is 4.79 Å². The first-order chi connectivity index (χ1) is 15.1. The summed E-state index contributed by atoms with van der Waals surface area (Å²) in [6.07, 6.45) is 0.941. The molecule has 2 unspecified atom stereocenters. The Labute approximate surface area is 182 Å². The zero-order valence-corrected chi connectivity index (χ0v) is 17.2. The second kappa shape index (κ2) is 7.86. The fourth-order valence-electron chi connectivity index (χ4n) is 4.21. The first-order valence-electron chi connectivity index (χ1n) is 10.5. The summed E-state index contributed by atoms with van der Waals surface area (Å²) < 4.78 is 0. The molecular weight excluding hydrogens is 380 g/mol. The molecular formula is C28H24N2O. The molecule has 1 aliphatic carbocycles. The quantitative estimate of drug-likeness (QED) is 0.432. The van der Waals surface area contributed by atoms with Crippen molar-refractivity contribution in [3.8, 4) is 11.1 Å². The Hall–Kier alpha value is -3.69. The van der Waals surface area contributed by atoms with Crippen LogP contribution in [0.25, 0.3) is 11.1 Å². The SMILES string of the molecule is NC1(c2ccccc2)CC1c1ccc(NC(=O)c2ccc(-c3ccccc3)cc2)cc1. The zero-order valence-electron chi connectivity index (χ0n) is 17.2. The second-order valence-corrected chi connectivity index (χ2v) is 8.18. The van der Waals surface area contributed by atoms with Gasteiger partial charge in [0.2, 0.25) is 0 Å². The van der Waals surface area contributed by atoms with E-state index in [2.05, 4.69) is 41.7 Å². The maximum absolute atomic E-state index is 12.7. The van der Waals surface area contributed by atoms with Gasteiger partial charge in [-0.05, 0) is 52.9 Å². The van der Waals surface area contributed by atoms with E-state index in [1.54, 1.807) is 0 Å². The molecule has 3 N–H and O–H groups in total. The van der Waals surface area contributed by atoms with Crippen molar-refractivity contribution in [3.63, 3.8) is 0 Å². The molecule has 5 rings (SSSR count). The van der Waals surface area contributed by atoms with Crippen molar-refractivity contribution < 1.29 is 4.79 Å². The summed E-state index contributed by atoms with van der Waals surface area (Å²) in [6, 6.07) is 36.1. The highest BCUT2D eigenvalue weighted by molar-refractivity contribution is 6.04. The van der Waals surface area contributed by atoms with Crippen LogP contribution in [0.15, 0.2) is 109 Å². The van der Waals surface area contributed by atoms with E-state index in [0.29, 0.717) is 11.5 Å². The fourth-order valence-corrected chi connectivity index (χ4v) is 4.21. The van der Waals surface area contributed by atoms with E-state index in [9.17, 15) is 4.79 Å².